The second kappa shape index (κ2) is 5.87. The first kappa shape index (κ1) is 14.9. The molecule has 2 aromatic rings. The Labute approximate surface area is 121 Å². The molecule has 0 aliphatic heterocycles. The van der Waals surface area contributed by atoms with E-state index in [1.165, 1.54) is 37.4 Å². The maximum Gasteiger partial charge on any atom is 0.342 e. The topological polar surface area (TPSA) is 61.2 Å². The quantitative estimate of drug-likeness (QED) is 0.640. The van der Waals surface area contributed by atoms with Gasteiger partial charge in [-0.25, -0.2) is 9.18 Å². The van der Waals surface area contributed by atoms with Crippen LogP contribution in [0, 0.1) is 12.7 Å². The highest BCUT2D eigenvalue weighted by molar-refractivity contribution is 6.01. The third-order valence-corrected chi connectivity index (χ3v) is 3.24. The fourth-order valence-corrected chi connectivity index (χ4v) is 1.83. The number of hydrogen-bond donors (Lipinski definition) is 0. The summed E-state index contributed by atoms with van der Waals surface area (Å²) in [6.07, 6.45) is 0.440. The molecule has 1 heterocycles. The van der Waals surface area contributed by atoms with Gasteiger partial charge in [-0.3, -0.25) is 9.48 Å². The highest BCUT2D eigenvalue weighted by Crippen LogP contribution is 2.12. The van der Waals surface area contributed by atoms with E-state index in [4.69, 9.17) is 4.74 Å². The number of carbonyl (C=O) groups is 2. The Bertz CT molecular complexity index is 677. The zero-order valence-corrected chi connectivity index (χ0v) is 12.0. The van der Waals surface area contributed by atoms with Crippen LogP contribution in [0.5, 0.6) is 0 Å². The van der Waals surface area contributed by atoms with Gasteiger partial charge in [0.15, 0.2) is 6.10 Å². The summed E-state index contributed by atoms with van der Waals surface area (Å²) in [5.41, 5.74) is 1.26. The number of benzene rings is 1. The molecule has 1 aromatic heterocycles. The van der Waals surface area contributed by atoms with Crippen LogP contribution in [0.2, 0.25) is 0 Å². The van der Waals surface area contributed by atoms with Gasteiger partial charge in [0.25, 0.3) is 0 Å². The van der Waals surface area contributed by atoms with Crippen LogP contribution in [-0.4, -0.2) is 27.6 Å². The first-order valence-electron chi connectivity index (χ1n) is 6.39. The van der Waals surface area contributed by atoms with E-state index in [0.29, 0.717) is 16.8 Å². The smallest absolute Gasteiger partial charge is 0.342 e. The Hall–Kier alpha value is -2.50. The van der Waals surface area contributed by atoms with E-state index in [1.807, 2.05) is 0 Å². The van der Waals surface area contributed by atoms with E-state index >= 15 is 0 Å². The number of ether oxygens (including phenoxy) is 1. The van der Waals surface area contributed by atoms with Crippen molar-refractivity contribution in [3.63, 3.8) is 0 Å². The van der Waals surface area contributed by atoms with Crippen molar-refractivity contribution >= 4 is 11.8 Å². The minimum absolute atomic E-state index is 0.291. The molecule has 0 aliphatic carbocycles. The van der Waals surface area contributed by atoms with E-state index < -0.39 is 17.9 Å². The highest BCUT2D eigenvalue weighted by atomic mass is 19.1. The monoisotopic (exact) mass is 290 g/mol. The molecule has 0 bridgehead atoms. The van der Waals surface area contributed by atoms with E-state index in [1.54, 1.807) is 18.7 Å². The molecule has 0 radical (unpaired) electrons. The van der Waals surface area contributed by atoms with Gasteiger partial charge < -0.3 is 4.74 Å². The van der Waals surface area contributed by atoms with Crippen LogP contribution in [0.4, 0.5) is 4.39 Å². The molecule has 2 rings (SSSR count). The molecule has 1 atom stereocenters. The zero-order valence-electron chi connectivity index (χ0n) is 12.0. The average molecular weight is 290 g/mol. The van der Waals surface area contributed by atoms with Crippen LogP contribution in [0.15, 0.2) is 30.5 Å². The lowest BCUT2D eigenvalue weighted by atomic mass is 10.1. The SMILES string of the molecule is Cc1c(C(=O)O[C@H](C)C(=O)c2ccc(F)cc2)cnn1C. The van der Waals surface area contributed by atoms with Crippen LogP contribution >= 0.6 is 0 Å². The van der Waals surface area contributed by atoms with Gasteiger partial charge in [0.05, 0.1) is 6.20 Å². The van der Waals surface area contributed by atoms with Crippen LogP contribution in [0.25, 0.3) is 0 Å². The van der Waals surface area contributed by atoms with Crippen LogP contribution in [0.1, 0.15) is 33.3 Å². The van der Waals surface area contributed by atoms with Crippen LogP contribution in [0.3, 0.4) is 0 Å². The standard InChI is InChI=1S/C15H15FN2O3/c1-9-13(8-17-18(9)3)15(20)21-10(2)14(19)11-4-6-12(16)7-5-11/h4-8,10H,1-3H3/t10-/m1/s1. The number of esters is 1. The maximum atomic E-state index is 12.8. The van der Waals surface area contributed by atoms with Gasteiger partial charge in [-0.05, 0) is 38.1 Å². The molecule has 0 N–H and O–H groups in total. The van der Waals surface area contributed by atoms with Crippen molar-refractivity contribution in [3.8, 4) is 0 Å². The minimum Gasteiger partial charge on any atom is -0.451 e. The molecular formula is C15H15FN2O3. The molecule has 0 unspecified atom stereocenters. The number of nitrogens with zero attached hydrogens (tertiary/aromatic N) is 2. The normalized spacial score (nSPS) is 12.0. The summed E-state index contributed by atoms with van der Waals surface area (Å²) in [5.74, 6) is -1.42. The summed E-state index contributed by atoms with van der Waals surface area (Å²) in [6.45, 7) is 3.21. The van der Waals surface area contributed by atoms with Crippen molar-refractivity contribution in [1.29, 1.82) is 0 Å². The Morgan fingerprint density at radius 1 is 1.29 bits per heavy atom. The molecule has 5 nitrogen and oxygen atoms in total. The molecule has 0 fully saturated rings. The van der Waals surface area contributed by atoms with Crippen LogP contribution < -0.4 is 0 Å². The third-order valence-electron chi connectivity index (χ3n) is 3.24. The highest BCUT2D eigenvalue weighted by Gasteiger charge is 2.22. The van der Waals surface area contributed by atoms with E-state index in [9.17, 15) is 14.0 Å². The molecule has 0 saturated heterocycles. The lowest BCUT2D eigenvalue weighted by Crippen LogP contribution is -2.24. The number of carbonyl (C=O) groups excluding carboxylic acids is 2. The second-order valence-electron chi connectivity index (χ2n) is 4.69. The summed E-state index contributed by atoms with van der Waals surface area (Å²) in [6, 6.07) is 5.09. The predicted octanol–water partition coefficient (Wildman–Crippen LogP) is 2.30. The van der Waals surface area contributed by atoms with Crippen molar-refractivity contribution < 1.29 is 18.7 Å². The van der Waals surface area contributed by atoms with Crippen molar-refractivity contribution in [2.24, 2.45) is 7.05 Å². The number of ketones is 1. The van der Waals surface area contributed by atoms with Crippen molar-refractivity contribution in [1.82, 2.24) is 9.78 Å². The van der Waals surface area contributed by atoms with Gasteiger partial charge in [-0.1, -0.05) is 0 Å². The summed E-state index contributed by atoms with van der Waals surface area (Å²) in [4.78, 5) is 24.1. The first-order valence-corrected chi connectivity index (χ1v) is 6.39. The Balaban J connectivity index is 2.09. The predicted molar refractivity (Wildman–Crippen MR) is 73.6 cm³/mol. The van der Waals surface area contributed by atoms with Gasteiger partial charge in [-0.15, -0.1) is 0 Å². The molecule has 0 spiro atoms. The summed E-state index contributed by atoms with van der Waals surface area (Å²) in [7, 11) is 1.71. The van der Waals surface area contributed by atoms with E-state index in [-0.39, 0.29) is 5.78 Å². The number of aryl methyl sites for hydroxylation is 1. The number of aromatic nitrogens is 2. The lowest BCUT2D eigenvalue weighted by Gasteiger charge is -2.12. The number of rotatable bonds is 4. The molecule has 0 saturated carbocycles. The second-order valence-corrected chi connectivity index (χ2v) is 4.69. The van der Waals surface area contributed by atoms with Gasteiger partial charge in [0, 0.05) is 18.3 Å². The van der Waals surface area contributed by atoms with Crippen molar-refractivity contribution in [2.75, 3.05) is 0 Å². The Morgan fingerprint density at radius 2 is 1.90 bits per heavy atom. The van der Waals surface area contributed by atoms with Gasteiger partial charge in [0.1, 0.15) is 11.4 Å². The summed E-state index contributed by atoms with van der Waals surface area (Å²) in [5, 5.41) is 3.95. The third kappa shape index (κ3) is 3.16. The number of halogens is 1. The summed E-state index contributed by atoms with van der Waals surface area (Å²) >= 11 is 0. The fraction of sp³-hybridized carbons (Fsp3) is 0.267. The average Bonchev–Trinajstić information content (AvgIpc) is 2.79. The largest absolute Gasteiger partial charge is 0.451 e. The lowest BCUT2D eigenvalue weighted by molar-refractivity contribution is 0.0318. The Morgan fingerprint density at radius 3 is 2.43 bits per heavy atom. The molecule has 110 valence electrons. The van der Waals surface area contributed by atoms with E-state index in [0.717, 1.165) is 0 Å². The molecular weight excluding hydrogens is 275 g/mol. The maximum absolute atomic E-state index is 12.8. The molecule has 6 heteroatoms. The zero-order chi connectivity index (χ0) is 15.6. The van der Waals surface area contributed by atoms with Crippen LogP contribution in [-0.2, 0) is 11.8 Å². The first-order chi connectivity index (χ1) is 9.90. The molecule has 21 heavy (non-hydrogen) atoms. The van der Waals surface area contributed by atoms with Gasteiger partial charge in [-0.2, -0.15) is 5.10 Å². The van der Waals surface area contributed by atoms with E-state index in [2.05, 4.69) is 5.10 Å². The molecule has 0 aliphatic rings. The minimum atomic E-state index is -0.956. The number of hydrogen-bond acceptors (Lipinski definition) is 4. The number of Topliss-reactive ketones (excluding diaryl/α,β-unsaturated/α-hetero) is 1. The van der Waals surface area contributed by atoms with Gasteiger partial charge >= 0.3 is 5.97 Å². The fourth-order valence-electron chi connectivity index (χ4n) is 1.83. The molecule has 0 amide bonds. The van der Waals surface area contributed by atoms with Crippen molar-refractivity contribution in [2.45, 2.75) is 20.0 Å². The molecule has 1 aromatic carbocycles. The Kier molecular flexibility index (Phi) is 4.16. The van der Waals surface area contributed by atoms with Gasteiger partial charge in [0.2, 0.25) is 5.78 Å². The van der Waals surface area contributed by atoms with Crippen molar-refractivity contribution in [3.05, 3.63) is 53.1 Å². The summed E-state index contributed by atoms with van der Waals surface area (Å²) < 4.78 is 19.5.